The topological polar surface area (TPSA) is 79.3 Å². The second-order valence-electron chi connectivity index (χ2n) is 3.36. The fourth-order valence-corrected chi connectivity index (χ4v) is 1.25. The Bertz CT molecular complexity index is 365. The largest absolute Gasteiger partial charge is 0.480 e. The number of aliphatic carboxylic acids is 1. The van der Waals surface area contributed by atoms with Crippen LogP contribution in [0.15, 0.2) is 24.4 Å². The molecule has 0 aliphatic rings. The Morgan fingerprint density at radius 2 is 2.25 bits per heavy atom. The molecule has 5 heteroatoms. The lowest BCUT2D eigenvalue weighted by atomic mass is 10.2. The highest BCUT2D eigenvalue weighted by molar-refractivity contribution is 5.84. The number of hydrogen-bond acceptors (Lipinski definition) is 3. The fourth-order valence-electron chi connectivity index (χ4n) is 1.25. The Labute approximate surface area is 93.5 Å². The van der Waals surface area contributed by atoms with Gasteiger partial charge in [0.1, 0.15) is 6.04 Å². The molecule has 0 saturated carbocycles. The number of nitrogens with zero attached hydrogens (tertiary/aromatic N) is 1. The number of hydrogen-bond donors (Lipinski definition) is 2. The summed E-state index contributed by atoms with van der Waals surface area (Å²) in [6, 6.07) is 4.44. The van der Waals surface area contributed by atoms with Gasteiger partial charge in [0.05, 0.1) is 6.42 Å². The van der Waals surface area contributed by atoms with Gasteiger partial charge in [-0.3, -0.25) is 9.78 Å². The summed E-state index contributed by atoms with van der Waals surface area (Å²) in [5.41, 5.74) is 0.625. The van der Waals surface area contributed by atoms with Crippen molar-refractivity contribution in [1.29, 1.82) is 0 Å². The molecule has 0 aliphatic heterocycles. The van der Waals surface area contributed by atoms with Crippen molar-refractivity contribution in [1.82, 2.24) is 10.3 Å². The van der Waals surface area contributed by atoms with Crippen LogP contribution in [0, 0.1) is 0 Å². The third-order valence-electron chi connectivity index (χ3n) is 2.11. The summed E-state index contributed by atoms with van der Waals surface area (Å²) in [7, 11) is 0. The monoisotopic (exact) mass is 222 g/mol. The number of pyridine rings is 1. The van der Waals surface area contributed by atoms with E-state index in [-0.39, 0.29) is 12.3 Å². The first kappa shape index (κ1) is 12.2. The molecule has 0 unspecified atom stereocenters. The molecule has 1 heterocycles. The molecule has 5 nitrogen and oxygen atoms in total. The van der Waals surface area contributed by atoms with Gasteiger partial charge in [0, 0.05) is 11.9 Å². The molecule has 16 heavy (non-hydrogen) atoms. The number of carbonyl (C=O) groups excluding carboxylic acids is 1. The average Bonchev–Trinajstić information content (AvgIpc) is 2.27. The highest BCUT2D eigenvalue weighted by atomic mass is 16.4. The molecule has 1 rings (SSSR count). The van der Waals surface area contributed by atoms with Gasteiger partial charge in [-0.15, -0.1) is 0 Å². The van der Waals surface area contributed by atoms with Crippen LogP contribution < -0.4 is 5.32 Å². The second-order valence-corrected chi connectivity index (χ2v) is 3.36. The number of rotatable bonds is 5. The molecule has 0 bridgehead atoms. The van der Waals surface area contributed by atoms with E-state index in [4.69, 9.17) is 5.11 Å². The van der Waals surface area contributed by atoms with Gasteiger partial charge in [0.25, 0.3) is 0 Å². The van der Waals surface area contributed by atoms with Gasteiger partial charge in [-0.2, -0.15) is 0 Å². The molecule has 0 aliphatic carbocycles. The molecule has 0 spiro atoms. The molecule has 86 valence electrons. The van der Waals surface area contributed by atoms with E-state index >= 15 is 0 Å². The zero-order valence-electron chi connectivity index (χ0n) is 9.01. The molecule has 1 amide bonds. The van der Waals surface area contributed by atoms with Crippen LogP contribution in [-0.2, 0) is 16.0 Å². The van der Waals surface area contributed by atoms with Gasteiger partial charge < -0.3 is 10.4 Å². The highest BCUT2D eigenvalue weighted by Crippen LogP contribution is 1.97. The van der Waals surface area contributed by atoms with E-state index in [0.717, 1.165) is 0 Å². The Kier molecular flexibility index (Phi) is 4.44. The number of aromatic nitrogens is 1. The normalized spacial score (nSPS) is 11.8. The molecule has 0 aromatic carbocycles. The number of carbonyl (C=O) groups is 2. The average molecular weight is 222 g/mol. The molecular formula is C11H14N2O3. The van der Waals surface area contributed by atoms with Gasteiger partial charge in [-0.05, 0) is 18.6 Å². The number of amides is 1. The van der Waals surface area contributed by atoms with E-state index < -0.39 is 12.0 Å². The molecule has 1 aromatic rings. The van der Waals surface area contributed by atoms with Crippen LogP contribution in [0.2, 0.25) is 0 Å². The first-order valence-corrected chi connectivity index (χ1v) is 5.05. The Morgan fingerprint density at radius 3 is 2.75 bits per heavy atom. The maximum absolute atomic E-state index is 11.5. The van der Waals surface area contributed by atoms with Gasteiger partial charge >= 0.3 is 5.97 Å². The third-order valence-corrected chi connectivity index (χ3v) is 2.11. The molecule has 0 saturated heterocycles. The lowest BCUT2D eigenvalue weighted by Crippen LogP contribution is -2.41. The first-order chi connectivity index (χ1) is 7.63. The fraction of sp³-hybridized carbons (Fsp3) is 0.364. The zero-order chi connectivity index (χ0) is 12.0. The molecule has 0 radical (unpaired) electrons. The molecule has 2 N–H and O–H groups in total. The van der Waals surface area contributed by atoms with Crippen LogP contribution in [0.5, 0.6) is 0 Å². The molecule has 0 fully saturated rings. The minimum Gasteiger partial charge on any atom is -0.480 e. The minimum atomic E-state index is -1.02. The summed E-state index contributed by atoms with van der Waals surface area (Å²) < 4.78 is 0. The van der Waals surface area contributed by atoms with Crippen LogP contribution in [0.4, 0.5) is 0 Å². The van der Waals surface area contributed by atoms with Crippen molar-refractivity contribution in [2.24, 2.45) is 0 Å². The van der Waals surface area contributed by atoms with Crippen LogP contribution in [0.1, 0.15) is 19.0 Å². The maximum atomic E-state index is 11.5. The van der Waals surface area contributed by atoms with E-state index in [9.17, 15) is 9.59 Å². The summed E-state index contributed by atoms with van der Waals surface area (Å²) in [5.74, 6) is -1.34. The van der Waals surface area contributed by atoms with E-state index in [2.05, 4.69) is 10.3 Å². The van der Waals surface area contributed by atoms with Crippen molar-refractivity contribution in [3.8, 4) is 0 Å². The maximum Gasteiger partial charge on any atom is 0.326 e. The Morgan fingerprint density at radius 1 is 1.50 bits per heavy atom. The van der Waals surface area contributed by atoms with Crippen molar-refractivity contribution < 1.29 is 14.7 Å². The first-order valence-electron chi connectivity index (χ1n) is 5.05. The Hall–Kier alpha value is -1.91. The minimum absolute atomic E-state index is 0.102. The summed E-state index contributed by atoms with van der Waals surface area (Å²) in [6.45, 7) is 1.71. The third kappa shape index (κ3) is 3.68. The van der Waals surface area contributed by atoms with Gasteiger partial charge in [0.2, 0.25) is 5.91 Å². The number of carboxylic acids is 1. The molecular weight excluding hydrogens is 208 g/mol. The quantitative estimate of drug-likeness (QED) is 0.764. The summed E-state index contributed by atoms with van der Waals surface area (Å²) >= 11 is 0. The van der Waals surface area contributed by atoms with Gasteiger partial charge in [-0.1, -0.05) is 13.0 Å². The van der Waals surface area contributed by atoms with E-state index in [1.165, 1.54) is 0 Å². The SMILES string of the molecule is CC[C@H](NC(=O)Cc1ccccn1)C(=O)O. The predicted octanol–water partition coefficient (Wildman–Crippen LogP) is 0.603. The summed E-state index contributed by atoms with van der Waals surface area (Å²) in [6.07, 6.45) is 2.06. The van der Waals surface area contributed by atoms with E-state index in [1.807, 2.05) is 0 Å². The Balaban J connectivity index is 2.50. The van der Waals surface area contributed by atoms with Crippen molar-refractivity contribution >= 4 is 11.9 Å². The van der Waals surface area contributed by atoms with Crippen molar-refractivity contribution in [3.63, 3.8) is 0 Å². The lowest BCUT2D eigenvalue weighted by molar-refractivity contribution is -0.141. The van der Waals surface area contributed by atoms with Crippen molar-refractivity contribution in [3.05, 3.63) is 30.1 Å². The van der Waals surface area contributed by atoms with Crippen LogP contribution in [0.25, 0.3) is 0 Å². The van der Waals surface area contributed by atoms with Gasteiger partial charge in [0.15, 0.2) is 0 Å². The van der Waals surface area contributed by atoms with E-state index in [0.29, 0.717) is 12.1 Å². The van der Waals surface area contributed by atoms with Gasteiger partial charge in [-0.25, -0.2) is 4.79 Å². The van der Waals surface area contributed by atoms with Crippen LogP contribution in [-0.4, -0.2) is 28.0 Å². The number of carboxylic acid groups (broad SMARTS) is 1. The molecule has 1 aromatic heterocycles. The highest BCUT2D eigenvalue weighted by Gasteiger charge is 2.17. The van der Waals surface area contributed by atoms with Crippen LogP contribution >= 0.6 is 0 Å². The predicted molar refractivity (Wildman–Crippen MR) is 57.8 cm³/mol. The second kappa shape index (κ2) is 5.85. The van der Waals surface area contributed by atoms with Crippen molar-refractivity contribution in [2.45, 2.75) is 25.8 Å². The van der Waals surface area contributed by atoms with E-state index in [1.54, 1.807) is 31.3 Å². The lowest BCUT2D eigenvalue weighted by Gasteiger charge is -2.11. The van der Waals surface area contributed by atoms with Crippen molar-refractivity contribution in [2.75, 3.05) is 0 Å². The summed E-state index contributed by atoms with van der Waals surface area (Å²) in [4.78, 5) is 26.1. The number of nitrogens with one attached hydrogen (secondary N) is 1. The zero-order valence-corrected chi connectivity index (χ0v) is 9.01. The van der Waals surface area contributed by atoms with Crippen LogP contribution in [0.3, 0.4) is 0 Å². The molecule has 1 atom stereocenters. The smallest absolute Gasteiger partial charge is 0.326 e. The summed E-state index contributed by atoms with van der Waals surface area (Å²) in [5, 5.41) is 11.2. The standard InChI is InChI=1S/C11H14N2O3/c1-2-9(11(15)16)13-10(14)7-8-5-3-4-6-12-8/h3-6,9H,2,7H2,1H3,(H,13,14)(H,15,16)/t9-/m0/s1.